The molecule has 0 fully saturated rings. The van der Waals surface area contributed by atoms with Gasteiger partial charge < -0.3 is 36.1 Å². The van der Waals surface area contributed by atoms with Crippen LogP contribution in [0, 0.1) is 0 Å². The Balaban J connectivity index is 0.000000537. The van der Waals surface area contributed by atoms with Gasteiger partial charge in [-0.05, 0) is 0 Å². The third kappa shape index (κ3) is 7.68. The van der Waals surface area contributed by atoms with Crippen molar-refractivity contribution < 1.29 is 38.9 Å². The van der Waals surface area contributed by atoms with Gasteiger partial charge in [0.15, 0.2) is 0 Å². The van der Waals surface area contributed by atoms with Crippen LogP contribution in [0.1, 0.15) is 30.9 Å². The first kappa shape index (κ1) is 26.9. The van der Waals surface area contributed by atoms with Crippen LogP contribution in [0.3, 0.4) is 0 Å². The van der Waals surface area contributed by atoms with E-state index in [2.05, 4.69) is 6.92 Å². The molecule has 0 atom stereocenters. The molecule has 4 aromatic carbocycles. The molecule has 0 saturated carbocycles. The minimum atomic E-state index is -0.665. The van der Waals surface area contributed by atoms with Gasteiger partial charge >= 0.3 is 0 Å². The molecule has 0 aliphatic rings. The summed E-state index contributed by atoms with van der Waals surface area (Å²) in [5, 5.41) is 0. The number of primary amides is 1. The van der Waals surface area contributed by atoms with Crippen LogP contribution in [-0.2, 0) is 44.3 Å². The van der Waals surface area contributed by atoms with Gasteiger partial charge in [-0.3, -0.25) is 4.79 Å². The van der Waals surface area contributed by atoms with Crippen LogP contribution in [0.5, 0.6) is 0 Å². The van der Waals surface area contributed by atoms with Gasteiger partial charge in [-0.1, -0.05) is 19.8 Å². The van der Waals surface area contributed by atoms with Crippen molar-refractivity contribution in [3.05, 3.63) is 120 Å². The molecular formula is C25H27Fe2NO-8. The smallest absolute Gasteiger partial charge is 0.209 e. The van der Waals surface area contributed by atoms with E-state index in [4.69, 9.17) is 5.73 Å². The zero-order chi connectivity index (χ0) is 19.4. The van der Waals surface area contributed by atoms with Crippen molar-refractivity contribution in [1.82, 2.24) is 0 Å². The van der Waals surface area contributed by atoms with Crippen LogP contribution < -0.4 is 5.73 Å². The SMILES string of the molecule is CCCC(C(N)=O)([c-]1cccc1)[c-]1cccc1.[Fe].[Fe].[cH-]1[cH-][cH-][cH-][cH-]1.c1cc[cH-]c1. The van der Waals surface area contributed by atoms with E-state index in [-0.39, 0.29) is 40.0 Å². The van der Waals surface area contributed by atoms with E-state index in [1.165, 1.54) is 0 Å². The molecule has 0 saturated heterocycles. The summed E-state index contributed by atoms with van der Waals surface area (Å²) in [6, 6.07) is 35.7. The third-order valence-corrected chi connectivity index (χ3v) is 4.47. The van der Waals surface area contributed by atoms with E-state index in [1.54, 1.807) is 0 Å². The molecule has 0 unspecified atom stereocenters. The van der Waals surface area contributed by atoms with E-state index < -0.39 is 5.41 Å². The van der Waals surface area contributed by atoms with Crippen molar-refractivity contribution >= 4 is 5.91 Å². The summed E-state index contributed by atoms with van der Waals surface area (Å²) in [7, 11) is 0. The van der Waals surface area contributed by atoms with Gasteiger partial charge in [-0.15, -0.1) is 11.1 Å². The predicted molar refractivity (Wildman–Crippen MR) is 113 cm³/mol. The number of carbonyl (C=O) groups is 1. The van der Waals surface area contributed by atoms with E-state index in [1.807, 2.05) is 109 Å². The molecule has 2 N–H and O–H groups in total. The summed E-state index contributed by atoms with van der Waals surface area (Å²) in [5.41, 5.74) is 7.03. The molecule has 0 radical (unpaired) electrons. The first-order valence-corrected chi connectivity index (χ1v) is 9.29. The van der Waals surface area contributed by atoms with Crippen molar-refractivity contribution in [1.29, 1.82) is 0 Å². The Morgan fingerprint density at radius 1 is 0.793 bits per heavy atom. The molecule has 0 aliphatic heterocycles. The molecular weight excluding hydrogens is 442 g/mol. The number of hydrogen-bond acceptors (Lipinski definition) is 1. The van der Waals surface area contributed by atoms with Crippen LogP contribution in [-0.4, -0.2) is 5.91 Å². The Morgan fingerprint density at radius 2 is 1.17 bits per heavy atom. The van der Waals surface area contributed by atoms with E-state index in [9.17, 15) is 4.79 Å². The Bertz CT molecular complexity index is 719. The first-order valence-electron chi connectivity index (χ1n) is 9.29. The van der Waals surface area contributed by atoms with Crippen molar-refractivity contribution in [3.63, 3.8) is 0 Å². The Hall–Kier alpha value is -2.09. The Labute approximate surface area is 195 Å². The average Bonchev–Trinajstić information content (AvgIpc) is 3.49. The molecule has 4 heteroatoms. The molecule has 2 nitrogen and oxygen atoms in total. The molecule has 0 aromatic heterocycles. The van der Waals surface area contributed by atoms with Crippen LogP contribution in [0.4, 0.5) is 0 Å². The van der Waals surface area contributed by atoms with E-state index in [0.717, 1.165) is 24.0 Å². The predicted octanol–water partition coefficient (Wildman–Crippen LogP) is 5.50. The molecule has 29 heavy (non-hydrogen) atoms. The summed E-state index contributed by atoms with van der Waals surface area (Å²) in [6.45, 7) is 2.07. The molecule has 0 bridgehead atoms. The number of rotatable bonds is 5. The zero-order valence-electron chi connectivity index (χ0n) is 16.5. The summed E-state index contributed by atoms with van der Waals surface area (Å²) in [6.07, 6.45) is 1.66. The van der Waals surface area contributed by atoms with Gasteiger partial charge in [0.25, 0.3) is 0 Å². The number of hydrogen-bond donors (Lipinski definition) is 1. The molecule has 0 spiro atoms. The molecule has 1 amide bonds. The van der Waals surface area contributed by atoms with Gasteiger partial charge in [0.2, 0.25) is 5.91 Å². The molecule has 0 heterocycles. The fourth-order valence-corrected chi connectivity index (χ4v) is 3.20. The summed E-state index contributed by atoms with van der Waals surface area (Å²) in [5.74, 6) is -0.267. The molecule has 0 aliphatic carbocycles. The monoisotopic (exact) mass is 469 g/mol. The second-order valence-corrected chi connectivity index (χ2v) is 6.29. The zero-order valence-corrected chi connectivity index (χ0v) is 18.7. The van der Waals surface area contributed by atoms with Gasteiger partial charge in [0.05, 0.1) is 0 Å². The normalized spacial score (nSPS) is 9.55. The van der Waals surface area contributed by atoms with Gasteiger partial charge in [0, 0.05) is 39.6 Å². The average molecular weight is 469 g/mol. The van der Waals surface area contributed by atoms with Gasteiger partial charge in [0.1, 0.15) is 0 Å². The topological polar surface area (TPSA) is 43.1 Å². The van der Waals surface area contributed by atoms with Crippen molar-refractivity contribution in [3.8, 4) is 0 Å². The Morgan fingerprint density at radius 3 is 1.41 bits per heavy atom. The molecule has 162 valence electrons. The summed E-state index contributed by atoms with van der Waals surface area (Å²) < 4.78 is 0. The first-order chi connectivity index (χ1) is 13.2. The van der Waals surface area contributed by atoms with Gasteiger partial charge in [-0.2, -0.15) is 42.5 Å². The van der Waals surface area contributed by atoms with Gasteiger partial charge in [-0.25, -0.2) is 36.4 Å². The standard InChI is InChI=1S/C15H17NO.2C5H5.2Fe/c1-2-11-15(14(16)17,12-7-3-4-8-12)13-9-5-6-10-13;2*1-2-4-5-3-1;;/h3-10H,2,11H2,1H3,(H2,16,17);2*1-5H;;/q-2;-5;-1;;. The maximum absolute atomic E-state index is 12.0. The molecule has 4 aromatic rings. The molecule has 4 rings (SSSR count). The maximum Gasteiger partial charge on any atom is 0.209 e. The van der Waals surface area contributed by atoms with Crippen molar-refractivity contribution in [2.24, 2.45) is 5.73 Å². The summed E-state index contributed by atoms with van der Waals surface area (Å²) in [4.78, 5) is 12.0. The number of amides is 1. The van der Waals surface area contributed by atoms with Crippen LogP contribution in [0.15, 0.2) is 109 Å². The van der Waals surface area contributed by atoms with Crippen LogP contribution in [0.25, 0.3) is 0 Å². The number of carbonyl (C=O) groups excluding carboxylic acids is 1. The maximum atomic E-state index is 12.0. The summed E-state index contributed by atoms with van der Waals surface area (Å²) >= 11 is 0. The van der Waals surface area contributed by atoms with E-state index in [0.29, 0.717) is 0 Å². The van der Waals surface area contributed by atoms with Crippen molar-refractivity contribution in [2.75, 3.05) is 0 Å². The van der Waals surface area contributed by atoms with Crippen LogP contribution in [0.2, 0.25) is 0 Å². The number of nitrogens with two attached hydrogens (primary N) is 1. The van der Waals surface area contributed by atoms with E-state index >= 15 is 0 Å². The third-order valence-electron chi connectivity index (χ3n) is 4.47. The fourth-order valence-electron chi connectivity index (χ4n) is 3.20. The Kier molecular flexibility index (Phi) is 13.8. The second kappa shape index (κ2) is 14.8. The fraction of sp³-hybridized carbons (Fsp3) is 0.160. The quantitative estimate of drug-likeness (QED) is 0.305. The minimum absolute atomic E-state index is 0. The van der Waals surface area contributed by atoms with Crippen LogP contribution >= 0.6 is 0 Å². The second-order valence-electron chi connectivity index (χ2n) is 6.29. The largest absolute Gasteiger partial charge is 0.748 e. The minimum Gasteiger partial charge on any atom is -0.748 e. The van der Waals surface area contributed by atoms with Crippen molar-refractivity contribution in [2.45, 2.75) is 25.2 Å².